The van der Waals surface area contributed by atoms with Crippen LogP contribution in [0.2, 0.25) is 0 Å². The highest BCUT2D eigenvalue weighted by atomic mass is 79.9. The third-order valence-electron chi connectivity index (χ3n) is 2.86. The van der Waals surface area contributed by atoms with Crippen molar-refractivity contribution in [3.05, 3.63) is 37.7 Å². The van der Waals surface area contributed by atoms with E-state index in [0.29, 0.717) is 0 Å². The van der Waals surface area contributed by atoms with Crippen LogP contribution >= 0.6 is 15.9 Å². The minimum absolute atomic E-state index is 0.0305. The van der Waals surface area contributed by atoms with Gasteiger partial charge >= 0.3 is 5.82 Å². The summed E-state index contributed by atoms with van der Waals surface area (Å²) in [4.78, 5) is 21.9. The van der Waals surface area contributed by atoms with Crippen LogP contribution in [0, 0.1) is 17.0 Å². The fraction of sp³-hybridized carbons (Fsp3) is 0.300. The van der Waals surface area contributed by atoms with Crippen LogP contribution in [0.5, 0.6) is 0 Å². The molecule has 0 radical (unpaired) electrons. The van der Waals surface area contributed by atoms with E-state index in [0.717, 1.165) is 11.3 Å². The lowest BCUT2D eigenvalue weighted by molar-refractivity contribution is -0.390. The number of rotatable bonds is 4. The molecule has 0 saturated carbocycles. The maximum absolute atomic E-state index is 11.9. The first kappa shape index (κ1) is 14.2. The molecule has 2 rings (SSSR count). The normalized spacial score (nSPS) is 10.6. The van der Waals surface area contributed by atoms with Gasteiger partial charge in [-0.2, -0.15) is 5.10 Å². The first-order valence-electron chi connectivity index (χ1n) is 5.55. The molecule has 0 aliphatic rings. The van der Waals surface area contributed by atoms with Gasteiger partial charge in [0.25, 0.3) is 5.91 Å². The number of nitrogens with zero attached hydrogens (tertiary/aromatic N) is 4. The molecule has 0 aromatic carbocycles. The van der Waals surface area contributed by atoms with Crippen molar-refractivity contribution in [3.8, 4) is 0 Å². The fourth-order valence-corrected chi connectivity index (χ4v) is 2.07. The molecular weight excluding hydrogens is 332 g/mol. The van der Waals surface area contributed by atoms with Crippen molar-refractivity contribution in [2.24, 2.45) is 7.05 Å². The summed E-state index contributed by atoms with van der Waals surface area (Å²) in [5.41, 5.74) is 1.73. The summed E-state index contributed by atoms with van der Waals surface area (Å²) in [6.07, 6.45) is 1.65. The number of carbonyl (C=O) groups is 1. The number of nitro groups is 1. The molecule has 2 aromatic heterocycles. The predicted octanol–water partition coefficient (Wildman–Crippen LogP) is 1.05. The Balaban J connectivity index is 2.09. The summed E-state index contributed by atoms with van der Waals surface area (Å²) < 4.78 is 1.72. The Labute approximate surface area is 121 Å². The molecule has 0 aliphatic heterocycles. The summed E-state index contributed by atoms with van der Waals surface area (Å²) >= 11 is 2.98. The van der Waals surface area contributed by atoms with Gasteiger partial charge < -0.3 is 15.4 Å². The van der Waals surface area contributed by atoms with Gasteiger partial charge in [-0.25, -0.2) is 0 Å². The van der Waals surface area contributed by atoms with Gasteiger partial charge in [-0.3, -0.25) is 9.48 Å². The van der Waals surface area contributed by atoms with Gasteiger partial charge in [-0.1, -0.05) is 5.10 Å². The average molecular weight is 343 g/mol. The monoisotopic (exact) mass is 342 g/mol. The van der Waals surface area contributed by atoms with Gasteiger partial charge in [-0.15, -0.1) is 5.10 Å². The third-order valence-corrected chi connectivity index (χ3v) is 3.61. The van der Waals surface area contributed by atoms with Crippen molar-refractivity contribution in [3.63, 3.8) is 0 Å². The first-order valence-corrected chi connectivity index (χ1v) is 6.35. The number of aromatic amines is 1. The van der Waals surface area contributed by atoms with Crippen LogP contribution in [0.3, 0.4) is 0 Å². The van der Waals surface area contributed by atoms with Crippen LogP contribution in [-0.4, -0.2) is 30.8 Å². The number of halogens is 1. The van der Waals surface area contributed by atoms with Crippen molar-refractivity contribution < 1.29 is 9.72 Å². The zero-order chi connectivity index (χ0) is 14.9. The molecule has 0 spiro atoms. The third kappa shape index (κ3) is 2.54. The second kappa shape index (κ2) is 5.41. The number of aromatic nitrogens is 4. The number of nitrogens with one attached hydrogen (secondary N) is 2. The van der Waals surface area contributed by atoms with Gasteiger partial charge in [0, 0.05) is 24.8 Å². The van der Waals surface area contributed by atoms with Crippen LogP contribution in [-0.2, 0) is 13.6 Å². The van der Waals surface area contributed by atoms with E-state index in [1.807, 2.05) is 6.92 Å². The Bertz CT molecular complexity index is 677. The van der Waals surface area contributed by atoms with E-state index in [2.05, 4.69) is 36.5 Å². The second-order valence-corrected chi connectivity index (χ2v) is 4.85. The molecule has 0 atom stereocenters. The van der Waals surface area contributed by atoms with E-state index in [1.54, 1.807) is 17.9 Å². The van der Waals surface area contributed by atoms with Crippen LogP contribution < -0.4 is 5.32 Å². The Morgan fingerprint density at radius 2 is 2.35 bits per heavy atom. The number of H-pyrrole nitrogens is 1. The zero-order valence-electron chi connectivity index (χ0n) is 10.7. The highest BCUT2D eigenvalue weighted by molar-refractivity contribution is 9.10. The molecule has 0 fully saturated rings. The lowest BCUT2D eigenvalue weighted by atomic mass is 10.2. The fourth-order valence-electron chi connectivity index (χ4n) is 1.57. The minimum atomic E-state index is -0.654. The first-order chi connectivity index (χ1) is 9.41. The lowest BCUT2D eigenvalue weighted by Crippen LogP contribution is -2.23. The maximum Gasteiger partial charge on any atom is 0.357 e. The maximum atomic E-state index is 11.9. The molecule has 2 N–H and O–H groups in total. The standard InChI is InChI=1S/C10H11BrN6O3/c1-5-6(4-13-16(5)2)3-12-10(18)8-7(11)9(15-14-8)17(19)20/h4H,3H2,1-2H3,(H,12,18)(H,14,15). The number of amides is 1. The summed E-state index contributed by atoms with van der Waals surface area (Å²) in [5.74, 6) is -0.864. The SMILES string of the molecule is Cc1c(CNC(=O)c2n[nH]c([N+](=O)[O-])c2Br)cnn1C. The number of carbonyl (C=O) groups excluding carboxylic acids is 1. The summed E-state index contributed by atoms with van der Waals surface area (Å²) in [7, 11) is 1.80. The summed E-state index contributed by atoms with van der Waals surface area (Å²) in [6.45, 7) is 2.15. The predicted molar refractivity (Wildman–Crippen MR) is 72.1 cm³/mol. The van der Waals surface area contributed by atoms with Gasteiger partial charge in [0.2, 0.25) is 0 Å². The Morgan fingerprint density at radius 1 is 1.65 bits per heavy atom. The van der Waals surface area contributed by atoms with Crippen LogP contribution in [0.25, 0.3) is 0 Å². The van der Waals surface area contributed by atoms with Crippen molar-refractivity contribution in [2.75, 3.05) is 0 Å². The molecule has 0 bridgehead atoms. The quantitative estimate of drug-likeness (QED) is 0.635. The number of hydrogen-bond donors (Lipinski definition) is 2. The van der Waals surface area contributed by atoms with Crippen molar-refractivity contribution in [1.82, 2.24) is 25.3 Å². The summed E-state index contributed by atoms with van der Waals surface area (Å²) in [6, 6.07) is 0. The average Bonchev–Trinajstić information content (AvgIpc) is 2.92. The minimum Gasteiger partial charge on any atom is -0.358 e. The molecule has 1 amide bonds. The van der Waals surface area contributed by atoms with Gasteiger partial charge in [0.15, 0.2) is 5.69 Å². The molecule has 106 valence electrons. The molecule has 0 aliphatic carbocycles. The van der Waals surface area contributed by atoms with Crippen LogP contribution in [0.1, 0.15) is 21.7 Å². The Morgan fingerprint density at radius 3 is 2.85 bits per heavy atom. The van der Waals surface area contributed by atoms with Gasteiger partial charge in [0.05, 0.1) is 6.20 Å². The highest BCUT2D eigenvalue weighted by Gasteiger charge is 2.24. The topological polar surface area (TPSA) is 119 Å². The number of hydrogen-bond acceptors (Lipinski definition) is 5. The van der Waals surface area contributed by atoms with E-state index < -0.39 is 10.8 Å². The van der Waals surface area contributed by atoms with E-state index in [9.17, 15) is 14.9 Å². The molecule has 0 saturated heterocycles. The highest BCUT2D eigenvalue weighted by Crippen LogP contribution is 2.25. The largest absolute Gasteiger partial charge is 0.358 e. The molecule has 2 aromatic rings. The number of aryl methyl sites for hydroxylation is 1. The molecule has 0 unspecified atom stereocenters. The molecule has 9 nitrogen and oxygen atoms in total. The molecule has 10 heteroatoms. The van der Waals surface area contributed by atoms with Crippen molar-refractivity contribution in [2.45, 2.75) is 13.5 Å². The molecule has 20 heavy (non-hydrogen) atoms. The zero-order valence-corrected chi connectivity index (χ0v) is 12.3. The van der Waals surface area contributed by atoms with Gasteiger partial charge in [0.1, 0.15) is 4.47 Å². The van der Waals surface area contributed by atoms with E-state index >= 15 is 0 Å². The van der Waals surface area contributed by atoms with Crippen molar-refractivity contribution >= 4 is 27.7 Å². The van der Waals surface area contributed by atoms with Gasteiger partial charge in [-0.05, 0) is 27.8 Å². The smallest absolute Gasteiger partial charge is 0.357 e. The lowest BCUT2D eigenvalue weighted by Gasteiger charge is -2.02. The Kier molecular flexibility index (Phi) is 3.84. The van der Waals surface area contributed by atoms with E-state index in [-0.39, 0.29) is 22.5 Å². The second-order valence-electron chi connectivity index (χ2n) is 4.05. The van der Waals surface area contributed by atoms with Crippen LogP contribution in [0.15, 0.2) is 10.7 Å². The molecule has 2 heterocycles. The van der Waals surface area contributed by atoms with Crippen LogP contribution in [0.4, 0.5) is 5.82 Å². The molecular formula is C10H11BrN6O3. The van der Waals surface area contributed by atoms with E-state index in [4.69, 9.17) is 0 Å². The summed E-state index contributed by atoms with van der Waals surface area (Å²) in [5, 5.41) is 23.2. The van der Waals surface area contributed by atoms with E-state index in [1.165, 1.54) is 0 Å². The van der Waals surface area contributed by atoms with Crippen molar-refractivity contribution in [1.29, 1.82) is 0 Å². The Hall–Kier alpha value is -2.23.